The van der Waals surface area contributed by atoms with Gasteiger partial charge in [-0.2, -0.15) is 13.2 Å². The van der Waals surface area contributed by atoms with E-state index >= 15 is 0 Å². The fraction of sp³-hybridized carbons (Fsp3) is 0.571. The molecule has 2 nitrogen and oxygen atoms in total. The van der Waals surface area contributed by atoms with Gasteiger partial charge in [-0.1, -0.05) is 19.9 Å². The summed E-state index contributed by atoms with van der Waals surface area (Å²) in [6.45, 7) is 3.94. The van der Waals surface area contributed by atoms with E-state index in [1.165, 1.54) is 6.07 Å². The Morgan fingerprint density at radius 2 is 1.95 bits per heavy atom. The van der Waals surface area contributed by atoms with Gasteiger partial charge in [0, 0.05) is 18.2 Å². The highest BCUT2D eigenvalue weighted by Gasteiger charge is 2.26. The van der Waals surface area contributed by atoms with Crippen LogP contribution in [-0.2, 0) is 17.9 Å². The number of nitrogens with one attached hydrogen (secondary N) is 1. The van der Waals surface area contributed by atoms with Crippen molar-refractivity contribution in [2.45, 2.75) is 45.6 Å². The second-order valence-corrected chi connectivity index (χ2v) is 4.88. The van der Waals surface area contributed by atoms with Gasteiger partial charge in [-0.15, -0.1) is 0 Å². The standard InChI is InChI=1S/C14H19F4NO/c1-10(2)19-8-11-3-4-13(15)12(7-11)9-20-6-5-14(16,17)18/h3-4,7,10,19H,5-6,8-9H2,1-2H3. The molecule has 1 N–H and O–H groups in total. The Kier molecular flexibility index (Phi) is 6.42. The molecular formula is C14H19F4NO. The van der Waals surface area contributed by atoms with E-state index in [2.05, 4.69) is 5.32 Å². The predicted molar refractivity (Wildman–Crippen MR) is 68.7 cm³/mol. The quantitative estimate of drug-likeness (QED) is 0.610. The van der Waals surface area contributed by atoms with Crippen LogP contribution in [0.4, 0.5) is 17.6 Å². The zero-order valence-corrected chi connectivity index (χ0v) is 11.6. The molecule has 1 rings (SSSR count). The molecule has 0 aromatic heterocycles. The van der Waals surface area contributed by atoms with E-state index in [4.69, 9.17) is 4.74 Å². The Bertz CT molecular complexity index is 418. The van der Waals surface area contributed by atoms with E-state index in [1.54, 1.807) is 12.1 Å². The van der Waals surface area contributed by atoms with Crippen LogP contribution in [0.5, 0.6) is 0 Å². The number of alkyl halides is 3. The predicted octanol–water partition coefficient (Wildman–Crippen LogP) is 3.79. The van der Waals surface area contributed by atoms with Gasteiger partial charge in [0.05, 0.1) is 19.6 Å². The van der Waals surface area contributed by atoms with Crippen molar-refractivity contribution in [1.82, 2.24) is 5.32 Å². The molecule has 0 unspecified atom stereocenters. The largest absolute Gasteiger partial charge is 0.391 e. The molecule has 114 valence electrons. The van der Waals surface area contributed by atoms with Crippen LogP contribution in [0.25, 0.3) is 0 Å². The lowest BCUT2D eigenvalue weighted by molar-refractivity contribution is -0.146. The van der Waals surface area contributed by atoms with Gasteiger partial charge < -0.3 is 10.1 Å². The maximum atomic E-state index is 13.5. The number of hydrogen-bond acceptors (Lipinski definition) is 2. The van der Waals surface area contributed by atoms with E-state index < -0.39 is 25.0 Å². The number of halogens is 4. The van der Waals surface area contributed by atoms with Crippen LogP contribution >= 0.6 is 0 Å². The van der Waals surface area contributed by atoms with Crippen LogP contribution in [0, 0.1) is 5.82 Å². The molecule has 1 aromatic rings. The molecule has 0 fully saturated rings. The molecule has 0 spiro atoms. The summed E-state index contributed by atoms with van der Waals surface area (Å²) in [6, 6.07) is 4.86. The fourth-order valence-electron chi connectivity index (χ4n) is 1.54. The molecule has 20 heavy (non-hydrogen) atoms. The Labute approximate surface area is 116 Å². The molecule has 0 radical (unpaired) electrons. The first-order valence-corrected chi connectivity index (χ1v) is 6.43. The molecule has 0 bridgehead atoms. The topological polar surface area (TPSA) is 21.3 Å². The van der Waals surface area contributed by atoms with Gasteiger partial charge in [0.1, 0.15) is 5.82 Å². The fourth-order valence-corrected chi connectivity index (χ4v) is 1.54. The molecule has 6 heteroatoms. The zero-order chi connectivity index (χ0) is 15.2. The molecule has 0 heterocycles. The van der Waals surface area contributed by atoms with Crippen LogP contribution in [0.15, 0.2) is 18.2 Å². The van der Waals surface area contributed by atoms with Crippen LogP contribution in [0.1, 0.15) is 31.4 Å². The lowest BCUT2D eigenvalue weighted by Gasteiger charge is -2.11. The summed E-state index contributed by atoms with van der Waals surface area (Å²) < 4.78 is 54.2. The van der Waals surface area contributed by atoms with Crippen molar-refractivity contribution in [3.63, 3.8) is 0 Å². The Morgan fingerprint density at radius 3 is 2.55 bits per heavy atom. The number of hydrogen-bond donors (Lipinski definition) is 1. The van der Waals surface area contributed by atoms with E-state index in [9.17, 15) is 17.6 Å². The van der Waals surface area contributed by atoms with E-state index in [1.807, 2.05) is 13.8 Å². The van der Waals surface area contributed by atoms with Gasteiger partial charge in [-0.05, 0) is 17.7 Å². The minimum absolute atomic E-state index is 0.155. The van der Waals surface area contributed by atoms with Crippen molar-refractivity contribution in [1.29, 1.82) is 0 Å². The zero-order valence-electron chi connectivity index (χ0n) is 11.6. The van der Waals surface area contributed by atoms with Crippen molar-refractivity contribution in [3.8, 4) is 0 Å². The Morgan fingerprint density at radius 1 is 1.25 bits per heavy atom. The molecule has 1 aromatic carbocycles. The first-order valence-electron chi connectivity index (χ1n) is 6.43. The van der Waals surface area contributed by atoms with Gasteiger partial charge in [0.2, 0.25) is 0 Å². The summed E-state index contributed by atoms with van der Waals surface area (Å²) in [4.78, 5) is 0. The Hall–Kier alpha value is -1.14. The molecule has 0 aliphatic rings. The highest BCUT2D eigenvalue weighted by molar-refractivity contribution is 5.24. The minimum atomic E-state index is -4.25. The average Bonchev–Trinajstić information content (AvgIpc) is 2.33. The molecule has 0 aliphatic carbocycles. The molecule has 0 aliphatic heterocycles. The summed E-state index contributed by atoms with van der Waals surface area (Å²) >= 11 is 0. The number of benzene rings is 1. The second kappa shape index (κ2) is 7.59. The summed E-state index contributed by atoms with van der Waals surface area (Å²) in [7, 11) is 0. The van der Waals surface area contributed by atoms with E-state index in [0.29, 0.717) is 12.6 Å². The first-order chi connectivity index (χ1) is 9.28. The summed E-state index contributed by atoms with van der Waals surface area (Å²) in [5, 5.41) is 3.18. The normalized spacial score (nSPS) is 12.2. The maximum absolute atomic E-state index is 13.5. The third kappa shape index (κ3) is 6.86. The second-order valence-electron chi connectivity index (χ2n) is 4.88. The molecule has 0 atom stereocenters. The van der Waals surface area contributed by atoms with Gasteiger partial charge in [0.25, 0.3) is 0 Å². The first kappa shape index (κ1) is 16.9. The average molecular weight is 293 g/mol. The third-order valence-corrected chi connectivity index (χ3v) is 2.61. The van der Waals surface area contributed by atoms with Crippen LogP contribution < -0.4 is 5.32 Å². The summed E-state index contributed by atoms with van der Waals surface area (Å²) in [6.07, 6.45) is -5.27. The molecule has 0 saturated carbocycles. The lowest BCUT2D eigenvalue weighted by Crippen LogP contribution is -2.21. The van der Waals surface area contributed by atoms with Crippen molar-refractivity contribution in [2.75, 3.05) is 6.61 Å². The maximum Gasteiger partial charge on any atom is 0.391 e. The monoisotopic (exact) mass is 293 g/mol. The highest BCUT2D eigenvalue weighted by atomic mass is 19.4. The number of rotatable bonds is 7. The van der Waals surface area contributed by atoms with E-state index in [0.717, 1.165) is 5.56 Å². The smallest absolute Gasteiger partial charge is 0.376 e. The molecule has 0 amide bonds. The van der Waals surface area contributed by atoms with Gasteiger partial charge >= 0.3 is 6.18 Å². The van der Waals surface area contributed by atoms with Gasteiger partial charge in [0.15, 0.2) is 0 Å². The summed E-state index contributed by atoms with van der Waals surface area (Å²) in [5.74, 6) is -0.467. The number of ether oxygens (including phenoxy) is 1. The third-order valence-electron chi connectivity index (χ3n) is 2.61. The summed E-state index contributed by atoms with van der Waals surface area (Å²) in [5.41, 5.74) is 1.14. The highest BCUT2D eigenvalue weighted by Crippen LogP contribution is 2.19. The van der Waals surface area contributed by atoms with Crippen LogP contribution in [0.3, 0.4) is 0 Å². The van der Waals surface area contributed by atoms with Crippen LogP contribution in [-0.4, -0.2) is 18.8 Å². The van der Waals surface area contributed by atoms with Crippen molar-refractivity contribution in [2.24, 2.45) is 0 Å². The van der Waals surface area contributed by atoms with Gasteiger partial charge in [-0.25, -0.2) is 4.39 Å². The Balaban J connectivity index is 2.49. The molecule has 0 saturated heterocycles. The lowest BCUT2D eigenvalue weighted by atomic mass is 10.1. The van der Waals surface area contributed by atoms with Gasteiger partial charge in [-0.3, -0.25) is 0 Å². The SMILES string of the molecule is CC(C)NCc1ccc(F)c(COCCC(F)(F)F)c1. The molecular weight excluding hydrogens is 274 g/mol. The van der Waals surface area contributed by atoms with Crippen molar-refractivity contribution in [3.05, 3.63) is 35.1 Å². The van der Waals surface area contributed by atoms with Crippen molar-refractivity contribution < 1.29 is 22.3 Å². The van der Waals surface area contributed by atoms with Crippen LogP contribution in [0.2, 0.25) is 0 Å². The van der Waals surface area contributed by atoms with E-state index in [-0.39, 0.29) is 12.2 Å². The van der Waals surface area contributed by atoms with Crippen molar-refractivity contribution >= 4 is 0 Å². The minimum Gasteiger partial charge on any atom is -0.376 e.